The SMILES string of the molecule is COC(=O)c1ccc(Cn2cc(NC(=O)C34CCC(C)(C(=O)O3)C4(C)C)cn2)o1. The first-order chi connectivity index (χ1) is 13.6. The molecule has 9 nitrogen and oxygen atoms in total. The van der Waals surface area contributed by atoms with E-state index in [1.165, 1.54) is 19.4 Å². The number of fused-ring (bicyclic) bond motifs is 2. The van der Waals surface area contributed by atoms with Crippen LogP contribution in [0.15, 0.2) is 28.9 Å². The number of carbonyl (C=O) groups excluding carboxylic acids is 3. The molecule has 2 bridgehead atoms. The predicted octanol–water partition coefficient (Wildman–Crippen LogP) is 2.37. The third kappa shape index (κ3) is 2.60. The van der Waals surface area contributed by atoms with Gasteiger partial charge in [0.1, 0.15) is 5.76 Å². The molecule has 4 rings (SSSR count). The summed E-state index contributed by atoms with van der Waals surface area (Å²) in [5.74, 6) is -0.595. The van der Waals surface area contributed by atoms with E-state index in [-0.39, 0.29) is 24.2 Å². The van der Waals surface area contributed by atoms with Crippen LogP contribution in [0.25, 0.3) is 0 Å². The average molecular weight is 401 g/mol. The molecule has 2 unspecified atom stereocenters. The number of aromatic nitrogens is 2. The molecule has 1 aliphatic carbocycles. The molecule has 0 spiro atoms. The van der Waals surface area contributed by atoms with Gasteiger partial charge in [0, 0.05) is 11.6 Å². The van der Waals surface area contributed by atoms with E-state index < -0.39 is 22.4 Å². The molecule has 1 amide bonds. The van der Waals surface area contributed by atoms with Gasteiger partial charge in [0.05, 0.1) is 31.0 Å². The number of rotatable bonds is 5. The number of carbonyl (C=O) groups is 3. The number of anilines is 1. The third-order valence-electron chi connectivity index (χ3n) is 6.71. The topological polar surface area (TPSA) is 113 Å². The van der Waals surface area contributed by atoms with E-state index in [1.54, 1.807) is 16.9 Å². The van der Waals surface area contributed by atoms with Crippen molar-refractivity contribution in [1.29, 1.82) is 0 Å². The van der Waals surface area contributed by atoms with E-state index in [4.69, 9.17) is 9.15 Å². The van der Waals surface area contributed by atoms with Gasteiger partial charge in [0.2, 0.25) is 5.76 Å². The minimum absolute atomic E-state index is 0.108. The quantitative estimate of drug-likeness (QED) is 0.765. The van der Waals surface area contributed by atoms with Crippen molar-refractivity contribution < 1.29 is 28.3 Å². The van der Waals surface area contributed by atoms with E-state index in [0.717, 1.165) is 0 Å². The molecule has 2 aromatic heterocycles. The first-order valence-electron chi connectivity index (χ1n) is 9.37. The van der Waals surface area contributed by atoms with Gasteiger partial charge in [-0.3, -0.25) is 14.3 Å². The summed E-state index contributed by atoms with van der Waals surface area (Å²) >= 11 is 0. The number of esters is 2. The number of hydrogen-bond acceptors (Lipinski definition) is 7. The number of amides is 1. The van der Waals surface area contributed by atoms with Crippen molar-refractivity contribution >= 4 is 23.5 Å². The third-order valence-corrected chi connectivity index (χ3v) is 6.71. The molecule has 9 heteroatoms. The van der Waals surface area contributed by atoms with Crippen LogP contribution in [-0.4, -0.2) is 40.3 Å². The second kappa shape index (κ2) is 6.20. The van der Waals surface area contributed by atoms with Crippen molar-refractivity contribution in [1.82, 2.24) is 9.78 Å². The van der Waals surface area contributed by atoms with Crippen molar-refractivity contribution in [3.8, 4) is 0 Å². The number of ether oxygens (including phenoxy) is 2. The Morgan fingerprint density at radius 2 is 2.03 bits per heavy atom. The van der Waals surface area contributed by atoms with Gasteiger partial charge in [-0.2, -0.15) is 5.10 Å². The van der Waals surface area contributed by atoms with Gasteiger partial charge in [-0.15, -0.1) is 0 Å². The molecule has 2 fully saturated rings. The normalized spacial score (nSPS) is 27.0. The van der Waals surface area contributed by atoms with Crippen LogP contribution < -0.4 is 5.32 Å². The van der Waals surface area contributed by atoms with Crippen LogP contribution >= 0.6 is 0 Å². The lowest BCUT2D eigenvalue weighted by molar-refractivity contribution is -0.165. The molecular formula is C20H23N3O6. The molecule has 1 saturated carbocycles. The zero-order valence-corrected chi connectivity index (χ0v) is 16.8. The predicted molar refractivity (Wildman–Crippen MR) is 100.0 cm³/mol. The largest absolute Gasteiger partial charge is 0.463 e. The minimum Gasteiger partial charge on any atom is -0.463 e. The van der Waals surface area contributed by atoms with Crippen molar-refractivity contribution in [3.05, 3.63) is 36.0 Å². The van der Waals surface area contributed by atoms with E-state index in [1.807, 2.05) is 20.8 Å². The molecule has 0 radical (unpaired) electrons. The van der Waals surface area contributed by atoms with E-state index in [2.05, 4.69) is 15.2 Å². The highest BCUT2D eigenvalue weighted by atomic mass is 16.6. The van der Waals surface area contributed by atoms with E-state index >= 15 is 0 Å². The Labute approximate surface area is 167 Å². The molecule has 2 atom stereocenters. The molecular weight excluding hydrogens is 378 g/mol. The van der Waals surface area contributed by atoms with Crippen LogP contribution in [0.4, 0.5) is 5.69 Å². The van der Waals surface area contributed by atoms with Crippen molar-refractivity contribution in [2.75, 3.05) is 12.4 Å². The second-order valence-corrected chi connectivity index (χ2v) is 8.31. The molecule has 3 heterocycles. The van der Waals surface area contributed by atoms with Gasteiger partial charge >= 0.3 is 11.9 Å². The number of nitrogens with zero attached hydrogens (tertiary/aromatic N) is 2. The lowest BCUT2D eigenvalue weighted by Gasteiger charge is -2.35. The van der Waals surface area contributed by atoms with Crippen LogP contribution in [0.5, 0.6) is 0 Å². The van der Waals surface area contributed by atoms with Gasteiger partial charge in [0.15, 0.2) is 5.60 Å². The molecule has 154 valence electrons. The maximum atomic E-state index is 13.1. The van der Waals surface area contributed by atoms with E-state index in [0.29, 0.717) is 24.3 Å². The first kappa shape index (κ1) is 19.2. The Hall–Kier alpha value is -3.10. The zero-order chi connectivity index (χ0) is 21.0. The Morgan fingerprint density at radius 3 is 2.66 bits per heavy atom. The summed E-state index contributed by atoms with van der Waals surface area (Å²) in [5, 5.41) is 7.04. The summed E-state index contributed by atoms with van der Waals surface area (Å²) in [6.07, 6.45) is 4.26. The molecule has 29 heavy (non-hydrogen) atoms. The fraction of sp³-hybridized carbons (Fsp3) is 0.500. The summed E-state index contributed by atoms with van der Waals surface area (Å²) in [7, 11) is 1.28. The smallest absolute Gasteiger partial charge is 0.373 e. The molecule has 0 aromatic carbocycles. The van der Waals surface area contributed by atoms with Gasteiger partial charge in [0.25, 0.3) is 5.91 Å². The van der Waals surface area contributed by atoms with Gasteiger partial charge in [-0.05, 0) is 31.9 Å². The van der Waals surface area contributed by atoms with Crippen molar-refractivity contribution in [2.45, 2.75) is 45.8 Å². The highest BCUT2D eigenvalue weighted by Crippen LogP contribution is 2.65. The van der Waals surface area contributed by atoms with Crippen LogP contribution in [-0.2, 0) is 25.6 Å². The Bertz CT molecular complexity index is 1010. The molecule has 1 aliphatic heterocycles. The Morgan fingerprint density at radius 1 is 1.28 bits per heavy atom. The minimum atomic E-state index is -1.18. The maximum absolute atomic E-state index is 13.1. The molecule has 1 N–H and O–H groups in total. The summed E-state index contributed by atoms with van der Waals surface area (Å²) in [4.78, 5) is 36.9. The monoisotopic (exact) mass is 401 g/mol. The standard InChI is InChI=1S/C20H23N3O6/c1-18(2)19(3)7-8-20(18,29-17(19)26)16(25)22-12-9-21-23(10-12)11-13-5-6-14(28-13)15(24)27-4/h5-6,9-10H,7-8,11H2,1-4H3,(H,22,25). The fourth-order valence-electron chi connectivity index (χ4n) is 4.33. The Kier molecular flexibility index (Phi) is 4.11. The maximum Gasteiger partial charge on any atom is 0.373 e. The van der Waals surface area contributed by atoms with Gasteiger partial charge in [-0.25, -0.2) is 4.79 Å². The fourth-order valence-corrected chi connectivity index (χ4v) is 4.33. The van der Waals surface area contributed by atoms with Crippen LogP contribution in [0.1, 0.15) is 49.9 Å². The van der Waals surface area contributed by atoms with E-state index in [9.17, 15) is 14.4 Å². The summed E-state index contributed by atoms with van der Waals surface area (Å²) in [6, 6.07) is 3.19. The van der Waals surface area contributed by atoms with Crippen LogP contribution in [0.3, 0.4) is 0 Å². The second-order valence-electron chi connectivity index (χ2n) is 8.31. The average Bonchev–Trinajstić information content (AvgIpc) is 3.39. The van der Waals surface area contributed by atoms with Crippen LogP contribution in [0, 0.1) is 10.8 Å². The molecule has 1 saturated heterocycles. The highest BCUT2D eigenvalue weighted by Gasteiger charge is 2.75. The summed E-state index contributed by atoms with van der Waals surface area (Å²) in [6.45, 7) is 5.95. The van der Waals surface area contributed by atoms with Crippen molar-refractivity contribution in [2.24, 2.45) is 10.8 Å². The first-order valence-corrected chi connectivity index (χ1v) is 9.37. The number of furan rings is 1. The molecule has 2 aliphatic rings. The summed E-state index contributed by atoms with van der Waals surface area (Å²) < 4.78 is 17.2. The lowest BCUT2D eigenvalue weighted by atomic mass is 9.66. The number of nitrogens with one attached hydrogen (secondary N) is 1. The van der Waals surface area contributed by atoms with Crippen molar-refractivity contribution in [3.63, 3.8) is 0 Å². The number of methoxy groups -OCH3 is 1. The Balaban J connectivity index is 1.47. The van der Waals surface area contributed by atoms with Crippen LogP contribution in [0.2, 0.25) is 0 Å². The highest BCUT2D eigenvalue weighted by molar-refractivity contribution is 6.03. The summed E-state index contributed by atoms with van der Waals surface area (Å²) in [5.41, 5.74) is -1.98. The van der Waals surface area contributed by atoms with Gasteiger partial charge < -0.3 is 19.2 Å². The lowest BCUT2D eigenvalue weighted by Crippen LogP contribution is -2.50. The number of hydrogen-bond donors (Lipinski definition) is 1. The molecule has 2 aromatic rings. The van der Waals surface area contributed by atoms with Gasteiger partial charge in [-0.1, -0.05) is 13.8 Å². The zero-order valence-electron chi connectivity index (χ0n) is 16.8.